The molecule has 3 nitrogen and oxygen atoms in total. The zero-order chi connectivity index (χ0) is 10.4. The average molecular weight is 214 g/mol. The first kappa shape index (κ1) is 10.9. The molecular weight excluding hydrogens is 202 g/mol. The predicted octanol–water partition coefficient (Wildman–Crippen LogP) is 2.94. The van der Waals surface area contributed by atoms with Crippen molar-refractivity contribution in [3.05, 3.63) is 28.8 Å². The van der Waals surface area contributed by atoms with Gasteiger partial charge in [0.05, 0.1) is 12.8 Å². The van der Waals surface area contributed by atoms with E-state index in [1.54, 1.807) is 18.2 Å². The molecule has 0 heterocycles. The minimum Gasteiger partial charge on any atom is -0.493 e. The molecule has 0 fully saturated rings. The number of ether oxygens (including phenoxy) is 1. The lowest BCUT2D eigenvalue weighted by atomic mass is 10.2. The van der Waals surface area contributed by atoms with Crippen molar-refractivity contribution in [3.63, 3.8) is 0 Å². The quantitative estimate of drug-likeness (QED) is 0.475. The first-order valence-corrected chi connectivity index (χ1v) is 4.75. The molecule has 14 heavy (non-hydrogen) atoms. The summed E-state index contributed by atoms with van der Waals surface area (Å²) in [6.07, 6.45) is 2.23. The Balaban J connectivity index is 2.90. The summed E-state index contributed by atoms with van der Waals surface area (Å²) in [5.41, 5.74) is 0.674. The van der Waals surface area contributed by atoms with Gasteiger partial charge < -0.3 is 9.94 Å². The fourth-order valence-corrected chi connectivity index (χ4v) is 1.21. The molecule has 1 aromatic rings. The second kappa shape index (κ2) is 5.50. The van der Waals surface area contributed by atoms with Gasteiger partial charge in [0.1, 0.15) is 5.75 Å². The molecule has 0 bridgehead atoms. The molecule has 76 valence electrons. The van der Waals surface area contributed by atoms with E-state index < -0.39 is 0 Å². The first-order valence-electron chi connectivity index (χ1n) is 4.37. The van der Waals surface area contributed by atoms with Crippen LogP contribution in [0.2, 0.25) is 5.02 Å². The number of benzene rings is 1. The maximum absolute atomic E-state index is 8.43. The second-order valence-electron chi connectivity index (χ2n) is 2.78. The van der Waals surface area contributed by atoms with Crippen LogP contribution in [0.3, 0.4) is 0 Å². The SMILES string of the molecule is CCCOc1ccc(Cl)cc1C=NO. The summed E-state index contributed by atoms with van der Waals surface area (Å²) in [7, 11) is 0. The van der Waals surface area contributed by atoms with Crippen molar-refractivity contribution in [3.8, 4) is 5.75 Å². The highest BCUT2D eigenvalue weighted by Crippen LogP contribution is 2.21. The molecule has 0 spiro atoms. The zero-order valence-electron chi connectivity index (χ0n) is 7.90. The van der Waals surface area contributed by atoms with Crippen LogP contribution in [0.25, 0.3) is 0 Å². The molecule has 1 rings (SSSR count). The summed E-state index contributed by atoms with van der Waals surface area (Å²) in [5.74, 6) is 0.675. The van der Waals surface area contributed by atoms with Gasteiger partial charge in [0.2, 0.25) is 0 Å². The van der Waals surface area contributed by atoms with Crippen molar-refractivity contribution in [2.45, 2.75) is 13.3 Å². The van der Waals surface area contributed by atoms with Gasteiger partial charge in [-0.25, -0.2) is 0 Å². The van der Waals surface area contributed by atoms with Crippen molar-refractivity contribution in [2.24, 2.45) is 5.16 Å². The minimum absolute atomic E-state index is 0.587. The fraction of sp³-hybridized carbons (Fsp3) is 0.300. The summed E-state index contributed by atoms with van der Waals surface area (Å²) in [6, 6.07) is 5.18. The lowest BCUT2D eigenvalue weighted by molar-refractivity contribution is 0.313. The number of oxime groups is 1. The van der Waals surface area contributed by atoms with Crippen molar-refractivity contribution in [2.75, 3.05) is 6.61 Å². The summed E-state index contributed by atoms with van der Waals surface area (Å²) < 4.78 is 5.43. The van der Waals surface area contributed by atoms with E-state index in [0.717, 1.165) is 6.42 Å². The third-order valence-corrected chi connectivity index (χ3v) is 1.87. The number of hydrogen-bond acceptors (Lipinski definition) is 3. The topological polar surface area (TPSA) is 41.8 Å². The van der Waals surface area contributed by atoms with Crippen molar-refractivity contribution in [1.82, 2.24) is 0 Å². The molecule has 0 atom stereocenters. The number of nitrogens with zero attached hydrogens (tertiary/aromatic N) is 1. The van der Waals surface area contributed by atoms with Crippen LogP contribution >= 0.6 is 11.6 Å². The summed E-state index contributed by atoms with van der Waals surface area (Å²) in [6.45, 7) is 2.66. The van der Waals surface area contributed by atoms with Gasteiger partial charge in [0.15, 0.2) is 0 Å². The van der Waals surface area contributed by atoms with Crippen LogP contribution in [0, 0.1) is 0 Å². The molecular formula is C10H12ClNO2. The highest BCUT2D eigenvalue weighted by molar-refractivity contribution is 6.30. The maximum Gasteiger partial charge on any atom is 0.128 e. The van der Waals surface area contributed by atoms with Gasteiger partial charge in [0, 0.05) is 10.6 Å². The summed E-state index contributed by atoms with van der Waals surface area (Å²) in [5, 5.41) is 12.0. The minimum atomic E-state index is 0.587. The predicted molar refractivity (Wildman–Crippen MR) is 56.6 cm³/mol. The van der Waals surface area contributed by atoms with Crippen LogP contribution in [-0.4, -0.2) is 18.0 Å². The molecule has 1 aromatic carbocycles. The van der Waals surface area contributed by atoms with E-state index >= 15 is 0 Å². The third-order valence-electron chi connectivity index (χ3n) is 1.63. The molecule has 0 radical (unpaired) electrons. The normalized spacial score (nSPS) is 10.7. The van der Waals surface area contributed by atoms with Crippen molar-refractivity contribution >= 4 is 17.8 Å². The van der Waals surface area contributed by atoms with Gasteiger partial charge in [-0.05, 0) is 24.6 Å². The van der Waals surface area contributed by atoms with Crippen LogP contribution in [-0.2, 0) is 0 Å². The highest BCUT2D eigenvalue weighted by atomic mass is 35.5. The molecule has 4 heteroatoms. The molecule has 0 aliphatic heterocycles. The first-order chi connectivity index (χ1) is 6.77. The van der Waals surface area contributed by atoms with E-state index in [2.05, 4.69) is 5.16 Å². The Kier molecular flexibility index (Phi) is 4.26. The van der Waals surface area contributed by atoms with Crippen LogP contribution in [0.15, 0.2) is 23.4 Å². The van der Waals surface area contributed by atoms with E-state index in [9.17, 15) is 0 Å². The Morgan fingerprint density at radius 2 is 2.36 bits per heavy atom. The van der Waals surface area contributed by atoms with Crippen LogP contribution in [0.4, 0.5) is 0 Å². The smallest absolute Gasteiger partial charge is 0.128 e. The largest absolute Gasteiger partial charge is 0.493 e. The van der Waals surface area contributed by atoms with Gasteiger partial charge in [-0.3, -0.25) is 0 Å². The zero-order valence-corrected chi connectivity index (χ0v) is 8.66. The Morgan fingerprint density at radius 1 is 1.57 bits per heavy atom. The Hall–Kier alpha value is -1.22. The van der Waals surface area contributed by atoms with E-state index in [-0.39, 0.29) is 0 Å². The monoisotopic (exact) mass is 213 g/mol. The van der Waals surface area contributed by atoms with Gasteiger partial charge in [0.25, 0.3) is 0 Å². The molecule has 0 aromatic heterocycles. The molecule has 0 unspecified atom stereocenters. The Labute approximate surface area is 88.0 Å². The second-order valence-corrected chi connectivity index (χ2v) is 3.21. The lowest BCUT2D eigenvalue weighted by Crippen LogP contribution is -1.98. The molecule has 0 saturated carbocycles. The van der Waals surface area contributed by atoms with Crippen molar-refractivity contribution in [1.29, 1.82) is 0 Å². The van der Waals surface area contributed by atoms with Gasteiger partial charge in [-0.1, -0.05) is 23.7 Å². The average Bonchev–Trinajstić information content (AvgIpc) is 2.17. The van der Waals surface area contributed by atoms with Crippen molar-refractivity contribution < 1.29 is 9.94 Å². The molecule has 0 aliphatic rings. The number of halogens is 1. The molecule has 0 saturated heterocycles. The number of hydrogen-bond donors (Lipinski definition) is 1. The fourth-order valence-electron chi connectivity index (χ4n) is 1.03. The van der Waals surface area contributed by atoms with E-state index in [1.807, 2.05) is 6.92 Å². The number of rotatable bonds is 4. The standard InChI is InChI=1S/C10H12ClNO2/c1-2-5-14-10-4-3-9(11)6-8(10)7-12-13/h3-4,6-7,13H,2,5H2,1H3. The molecule has 0 amide bonds. The Morgan fingerprint density at radius 3 is 3.00 bits per heavy atom. The van der Waals surface area contributed by atoms with E-state index in [1.165, 1.54) is 6.21 Å². The van der Waals surface area contributed by atoms with Crippen LogP contribution < -0.4 is 4.74 Å². The van der Waals surface area contributed by atoms with E-state index in [0.29, 0.717) is 22.9 Å². The van der Waals surface area contributed by atoms with E-state index in [4.69, 9.17) is 21.5 Å². The molecule has 0 aliphatic carbocycles. The van der Waals surface area contributed by atoms with Crippen LogP contribution in [0.1, 0.15) is 18.9 Å². The van der Waals surface area contributed by atoms with Gasteiger partial charge in [-0.2, -0.15) is 0 Å². The lowest BCUT2D eigenvalue weighted by Gasteiger charge is -2.07. The third kappa shape index (κ3) is 2.92. The van der Waals surface area contributed by atoms with Gasteiger partial charge >= 0.3 is 0 Å². The summed E-state index contributed by atoms with van der Waals surface area (Å²) >= 11 is 5.79. The Bertz CT molecular complexity index is 326. The van der Waals surface area contributed by atoms with Gasteiger partial charge in [-0.15, -0.1) is 0 Å². The maximum atomic E-state index is 8.43. The highest BCUT2D eigenvalue weighted by Gasteiger charge is 2.02. The summed E-state index contributed by atoms with van der Waals surface area (Å²) in [4.78, 5) is 0. The molecule has 1 N–H and O–H groups in total. The van der Waals surface area contributed by atoms with Crippen LogP contribution in [0.5, 0.6) is 5.75 Å².